The lowest BCUT2D eigenvalue weighted by molar-refractivity contribution is -0.131. The van der Waals surface area contributed by atoms with E-state index in [1.807, 2.05) is 0 Å². The Bertz CT molecular complexity index is 198. The van der Waals surface area contributed by atoms with E-state index in [0.717, 1.165) is 11.8 Å². The van der Waals surface area contributed by atoms with E-state index in [9.17, 15) is 0 Å². The molecular formula is C14H28. The summed E-state index contributed by atoms with van der Waals surface area (Å²) < 4.78 is 0. The maximum atomic E-state index is 2.46. The monoisotopic (exact) mass is 196 g/mol. The van der Waals surface area contributed by atoms with E-state index in [-0.39, 0.29) is 0 Å². The second kappa shape index (κ2) is 3.00. The molecule has 0 radical (unpaired) electrons. The summed E-state index contributed by atoms with van der Waals surface area (Å²) in [6.07, 6.45) is 1.38. The van der Waals surface area contributed by atoms with Crippen LogP contribution in [0, 0.1) is 28.1 Å². The van der Waals surface area contributed by atoms with Crippen LogP contribution in [0.5, 0.6) is 0 Å². The Kier molecular flexibility index (Phi) is 2.58. The van der Waals surface area contributed by atoms with Gasteiger partial charge in [-0.15, -0.1) is 0 Å². The van der Waals surface area contributed by atoms with Gasteiger partial charge in [0.1, 0.15) is 0 Å². The lowest BCUT2D eigenvalue weighted by Gasteiger charge is -2.62. The molecule has 1 saturated carbocycles. The summed E-state index contributed by atoms with van der Waals surface area (Å²) in [7, 11) is 0. The van der Waals surface area contributed by atoms with Crippen LogP contribution in [0.1, 0.15) is 61.8 Å². The van der Waals surface area contributed by atoms with Gasteiger partial charge in [0.25, 0.3) is 0 Å². The lowest BCUT2D eigenvalue weighted by atomic mass is 9.43. The van der Waals surface area contributed by atoms with E-state index in [1.54, 1.807) is 0 Å². The molecule has 84 valence electrons. The molecular weight excluding hydrogens is 168 g/mol. The Morgan fingerprint density at radius 1 is 0.714 bits per heavy atom. The van der Waals surface area contributed by atoms with Crippen LogP contribution < -0.4 is 0 Å². The predicted molar refractivity (Wildman–Crippen MR) is 64.3 cm³/mol. The van der Waals surface area contributed by atoms with Crippen LogP contribution in [0.3, 0.4) is 0 Å². The van der Waals surface area contributed by atoms with Gasteiger partial charge in [-0.3, -0.25) is 0 Å². The predicted octanol–water partition coefficient (Wildman–Crippen LogP) is 4.74. The number of hydrogen-bond donors (Lipinski definition) is 0. The molecule has 0 amide bonds. The van der Waals surface area contributed by atoms with Crippen molar-refractivity contribution in [1.82, 2.24) is 0 Å². The molecule has 1 aliphatic carbocycles. The minimum absolute atomic E-state index is 0.414. The molecule has 0 aromatic rings. The van der Waals surface area contributed by atoms with Gasteiger partial charge in [-0.25, -0.2) is 0 Å². The van der Waals surface area contributed by atoms with Crippen molar-refractivity contribution in [3.05, 3.63) is 0 Å². The SMILES string of the molecule is CC1CC(C)C(C)(C)C(C)(C)C1(C)C. The first-order valence-electron chi connectivity index (χ1n) is 6.05. The van der Waals surface area contributed by atoms with Crippen molar-refractivity contribution < 1.29 is 0 Å². The van der Waals surface area contributed by atoms with Gasteiger partial charge in [-0.05, 0) is 34.5 Å². The van der Waals surface area contributed by atoms with Gasteiger partial charge >= 0.3 is 0 Å². The van der Waals surface area contributed by atoms with Crippen molar-refractivity contribution in [3.8, 4) is 0 Å². The highest BCUT2D eigenvalue weighted by Crippen LogP contribution is 2.63. The zero-order valence-corrected chi connectivity index (χ0v) is 11.4. The first-order valence-corrected chi connectivity index (χ1v) is 6.05. The van der Waals surface area contributed by atoms with Crippen molar-refractivity contribution in [2.45, 2.75) is 61.8 Å². The van der Waals surface area contributed by atoms with E-state index in [4.69, 9.17) is 0 Å². The summed E-state index contributed by atoms with van der Waals surface area (Å²) in [5.74, 6) is 1.67. The third kappa shape index (κ3) is 1.26. The Morgan fingerprint density at radius 3 is 1.29 bits per heavy atom. The van der Waals surface area contributed by atoms with Gasteiger partial charge in [-0.1, -0.05) is 55.4 Å². The summed E-state index contributed by atoms with van der Waals surface area (Å²) in [6.45, 7) is 19.6. The van der Waals surface area contributed by atoms with E-state index in [1.165, 1.54) is 6.42 Å². The summed E-state index contributed by atoms with van der Waals surface area (Å²) in [4.78, 5) is 0. The molecule has 1 rings (SSSR count). The lowest BCUT2D eigenvalue weighted by Crippen LogP contribution is -2.55. The van der Waals surface area contributed by atoms with E-state index >= 15 is 0 Å². The fourth-order valence-electron chi connectivity index (χ4n) is 3.18. The first kappa shape index (κ1) is 12.1. The minimum atomic E-state index is 0.414. The van der Waals surface area contributed by atoms with Crippen LogP contribution in [0.25, 0.3) is 0 Å². The summed E-state index contributed by atoms with van der Waals surface area (Å²) >= 11 is 0. The third-order valence-corrected chi connectivity index (χ3v) is 6.39. The van der Waals surface area contributed by atoms with Crippen LogP contribution >= 0.6 is 0 Å². The maximum absolute atomic E-state index is 2.46. The molecule has 0 heteroatoms. The van der Waals surface area contributed by atoms with E-state index < -0.39 is 0 Å². The Morgan fingerprint density at radius 2 is 1.00 bits per heavy atom. The van der Waals surface area contributed by atoms with Gasteiger partial charge in [0.15, 0.2) is 0 Å². The molecule has 0 N–H and O–H groups in total. The van der Waals surface area contributed by atoms with Gasteiger partial charge in [-0.2, -0.15) is 0 Å². The molecule has 0 bridgehead atoms. The van der Waals surface area contributed by atoms with Crippen LogP contribution in [0.4, 0.5) is 0 Å². The van der Waals surface area contributed by atoms with Crippen LogP contribution in [0.2, 0.25) is 0 Å². The van der Waals surface area contributed by atoms with Gasteiger partial charge in [0.2, 0.25) is 0 Å². The zero-order chi connectivity index (χ0) is 11.4. The highest BCUT2D eigenvalue weighted by Gasteiger charge is 2.55. The molecule has 0 aromatic heterocycles. The molecule has 0 spiro atoms. The molecule has 2 atom stereocenters. The second-order valence-corrected chi connectivity index (χ2v) is 7.11. The average molecular weight is 196 g/mol. The minimum Gasteiger partial charge on any atom is -0.0620 e. The average Bonchev–Trinajstić information content (AvgIpc) is 2.01. The highest BCUT2D eigenvalue weighted by molar-refractivity contribution is 5.04. The molecule has 0 saturated heterocycles. The smallest absolute Gasteiger partial charge is 0.0247 e. The standard InChI is InChI=1S/C14H28/c1-10-9-11(2)13(5,6)14(7,8)12(10,3)4/h10-11H,9H2,1-8H3. The summed E-state index contributed by atoms with van der Waals surface area (Å²) in [5, 5.41) is 0. The van der Waals surface area contributed by atoms with E-state index in [2.05, 4.69) is 55.4 Å². The number of rotatable bonds is 0. The summed E-state index contributed by atoms with van der Waals surface area (Å²) in [6, 6.07) is 0. The molecule has 0 aromatic carbocycles. The second-order valence-electron chi connectivity index (χ2n) is 7.11. The van der Waals surface area contributed by atoms with Crippen molar-refractivity contribution in [1.29, 1.82) is 0 Å². The fraction of sp³-hybridized carbons (Fsp3) is 1.00. The van der Waals surface area contributed by atoms with Crippen LogP contribution in [-0.2, 0) is 0 Å². The third-order valence-electron chi connectivity index (χ3n) is 6.39. The topological polar surface area (TPSA) is 0 Å². The molecule has 14 heavy (non-hydrogen) atoms. The Balaban J connectivity index is 3.17. The molecule has 2 unspecified atom stereocenters. The maximum Gasteiger partial charge on any atom is -0.0247 e. The Hall–Kier alpha value is 0. The largest absolute Gasteiger partial charge is 0.0620 e. The van der Waals surface area contributed by atoms with Crippen molar-refractivity contribution in [3.63, 3.8) is 0 Å². The van der Waals surface area contributed by atoms with Crippen molar-refractivity contribution in [2.75, 3.05) is 0 Å². The van der Waals surface area contributed by atoms with Crippen molar-refractivity contribution >= 4 is 0 Å². The van der Waals surface area contributed by atoms with E-state index in [0.29, 0.717) is 16.2 Å². The number of hydrogen-bond acceptors (Lipinski definition) is 0. The van der Waals surface area contributed by atoms with Crippen molar-refractivity contribution in [2.24, 2.45) is 28.1 Å². The normalized spacial score (nSPS) is 39.4. The molecule has 0 aliphatic heterocycles. The molecule has 0 nitrogen and oxygen atoms in total. The first-order chi connectivity index (χ1) is 6.05. The fourth-order valence-corrected chi connectivity index (χ4v) is 3.18. The quantitative estimate of drug-likeness (QED) is 0.525. The van der Waals surface area contributed by atoms with Gasteiger partial charge < -0.3 is 0 Å². The summed E-state index contributed by atoms with van der Waals surface area (Å²) in [5.41, 5.74) is 1.31. The van der Waals surface area contributed by atoms with Gasteiger partial charge in [0.05, 0.1) is 0 Å². The highest BCUT2D eigenvalue weighted by atomic mass is 14.6. The molecule has 0 heterocycles. The molecule has 1 aliphatic rings. The zero-order valence-electron chi connectivity index (χ0n) is 11.4. The van der Waals surface area contributed by atoms with Crippen LogP contribution in [-0.4, -0.2) is 0 Å². The van der Waals surface area contributed by atoms with Crippen LogP contribution in [0.15, 0.2) is 0 Å². The molecule has 1 fully saturated rings. The Labute approximate surface area is 90.5 Å². The van der Waals surface area contributed by atoms with Gasteiger partial charge in [0, 0.05) is 0 Å².